The highest BCUT2D eigenvalue weighted by molar-refractivity contribution is 6.13. The Balaban J connectivity index is 1.39. The summed E-state index contributed by atoms with van der Waals surface area (Å²) < 4.78 is 50.7. The minimum absolute atomic E-state index is 0.0392. The van der Waals surface area contributed by atoms with Crippen LogP contribution in [-0.2, 0) is 0 Å². The van der Waals surface area contributed by atoms with Crippen molar-refractivity contribution in [1.29, 1.82) is 0 Å². The Morgan fingerprint density at radius 3 is 1.98 bits per heavy atom. The summed E-state index contributed by atoms with van der Waals surface area (Å²) in [5.41, 5.74) is 3.47. The average molecular weight is 544 g/mol. The van der Waals surface area contributed by atoms with Crippen LogP contribution in [-0.4, -0.2) is 19.5 Å². The van der Waals surface area contributed by atoms with Gasteiger partial charge in [0.2, 0.25) is 5.95 Å². The number of nitrogens with zero attached hydrogens (tertiary/aromatic N) is 4. The van der Waals surface area contributed by atoms with E-state index in [1.807, 2.05) is 95.6 Å². The van der Waals surface area contributed by atoms with Crippen LogP contribution in [0, 0.1) is 0 Å². The van der Waals surface area contributed by atoms with E-state index in [9.17, 15) is 0 Å². The number of hydrogen-bond acceptors (Lipinski definition) is 4. The van der Waals surface area contributed by atoms with Crippen LogP contribution in [0.1, 0.15) is 6.85 Å². The molecule has 0 spiro atoms. The lowest BCUT2D eigenvalue weighted by Crippen LogP contribution is -2.06. The zero-order chi connectivity index (χ0) is 32.0. The van der Waals surface area contributed by atoms with Crippen LogP contribution in [0.2, 0.25) is 0 Å². The monoisotopic (exact) mass is 543 g/mol. The zero-order valence-corrected chi connectivity index (χ0v) is 22.0. The van der Waals surface area contributed by atoms with Crippen LogP contribution in [0.3, 0.4) is 0 Å². The molecule has 0 saturated heterocycles. The molecule has 0 bridgehead atoms. The SMILES string of the molecule is [2H]c1c([2H])c([2H])c(-c2nc(-c3cccc4c3oc3cc5ccccc5cc34)nc(-n3c4ccccc4c4ccccc43)n2)c([2H])c1[2H]. The van der Waals surface area contributed by atoms with E-state index in [0.29, 0.717) is 16.7 Å². The predicted molar refractivity (Wildman–Crippen MR) is 170 cm³/mol. The third-order valence-corrected chi connectivity index (χ3v) is 7.73. The maximum absolute atomic E-state index is 8.73. The van der Waals surface area contributed by atoms with Crippen molar-refractivity contribution in [1.82, 2.24) is 19.5 Å². The van der Waals surface area contributed by atoms with E-state index in [0.717, 1.165) is 43.4 Å². The lowest BCUT2D eigenvalue weighted by atomic mass is 10.0. The van der Waals surface area contributed by atoms with Gasteiger partial charge in [-0.25, -0.2) is 4.98 Å². The highest BCUT2D eigenvalue weighted by atomic mass is 16.3. The molecule has 0 aliphatic rings. The normalized spacial score (nSPS) is 13.5. The molecule has 0 N–H and O–H groups in total. The average Bonchev–Trinajstić information content (AvgIpc) is 3.64. The van der Waals surface area contributed by atoms with E-state index >= 15 is 0 Å². The van der Waals surface area contributed by atoms with Crippen molar-refractivity contribution in [3.8, 4) is 28.7 Å². The van der Waals surface area contributed by atoms with Crippen molar-refractivity contribution < 1.29 is 11.3 Å². The van der Waals surface area contributed by atoms with Crippen molar-refractivity contribution in [3.05, 3.63) is 133 Å². The van der Waals surface area contributed by atoms with Gasteiger partial charge in [0.15, 0.2) is 11.6 Å². The van der Waals surface area contributed by atoms with Gasteiger partial charge in [0.1, 0.15) is 11.2 Å². The van der Waals surface area contributed by atoms with Gasteiger partial charge >= 0.3 is 0 Å². The van der Waals surface area contributed by atoms with Gasteiger partial charge in [-0.1, -0.05) is 103 Å². The van der Waals surface area contributed by atoms with Gasteiger partial charge in [0.05, 0.1) is 23.5 Å². The molecule has 0 amide bonds. The number of para-hydroxylation sites is 3. The zero-order valence-electron chi connectivity index (χ0n) is 27.0. The topological polar surface area (TPSA) is 56.7 Å². The molecule has 42 heavy (non-hydrogen) atoms. The molecule has 0 atom stereocenters. The molecule has 9 rings (SSSR count). The summed E-state index contributed by atoms with van der Waals surface area (Å²) in [6.45, 7) is 0. The summed E-state index contributed by atoms with van der Waals surface area (Å²) in [5.74, 6) is 0.448. The van der Waals surface area contributed by atoms with E-state index in [1.54, 1.807) is 0 Å². The first-order valence-electron chi connectivity index (χ1n) is 16.1. The maximum atomic E-state index is 8.73. The minimum Gasteiger partial charge on any atom is -0.455 e. The molecule has 0 radical (unpaired) electrons. The van der Waals surface area contributed by atoms with Gasteiger partial charge in [0, 0.05) is 27.1 Å². The Hall–Kier alpha value is -5.81. The van der Waals surface area contributed by atoms with Crippen LogP contribution in [0.4, 0.5) is 0 Å². The summed E-state index contributed by atoms with van der Waals surface area (Å²) in [6, 6.07) is 31.6. The van der Waals surface area contributed by atoms with Gasteiger partial charge in [0.25, 0.3) is 0 Å². The molecule has 9 aromatic rings. The van der Waals surface area contributed by atoms with Crippen molar-refractivity contribution in [2.75, 3.05) is 0 Å². The maximum Gasteiger partial charge on any atom is 0.238 e. The Bertz CT molecular complexity index is 2690. The van der Waals surface area contributed by atoms with Gasteiger partial charge in [-0.05, 0) is 41.1 Å². The molecule has 5 heteroatoms. The molecular formula is C37H22N4O. The molecule has 0 saturated carbocycles. The molecular weight excluding hydrogens is 516 g/mol. The lowest BCUT2D eigenvalue weighted by Gasteiger charge is -2.11. The number of hydrogen-bond donors (Lipinski definition) is 0. The number of rotatable bonds is 3. The fourth-order valence-corrected chi connectivity index (χ4v) is 5.86. The van der Waals surface area contributed by atoms with E-state index < -0.39 is 30.2 Å². The van der Waals surface area contributed by atoms with E-state index in [4.69, 9.17) is 26.2 Å². The molecule has 196 valence electrons. The Morgan fingerprint density at radius 1 is 0.571 bits per heavy atom. The molecule has 6 aromatic carbocycles. The van der Waals surface area contributed by atoms with E-state index in [-0.39, 0.29) is 23.2 Å². The van der Waals surface area contributed by atoms with Gasteiger partial charge in [-0.3, -0.25) is 4.57 Å². The summed E-state index contributed by atoms with van der Waals surface area (Å²) in [7, 11) is 0. The molecule has 0 unspecified atom stereocenters. The standard InChI is InChI=1S/C37H22N4O/c1-2-11-23(12-3-1)35-38-36(40-37(39-35)41-31-19-8-6-15-26(31)27-16-7-9-20-32(27)41)29-18-10-17-28-30-21-24-13-4-5-14-25(24)22-33(30)42-34(28)29/h1-22H/i1D,2D,3D,11D,12D. The molecule has 0 aliphatic carbocycles. The van der Waals surface area contributed by atoms with Crippen molar-refractivity contribution >= 4 is 54.5 Å². The molecule has 3 aromatic heterocycles. The highest BCUT2D eigenvalue weighted by Crippen LogP contribution is 2.38. The van der Waals surface area contributed by atoms with Crippen LogP contribution < -0.4 is 0 Å². The third-order valence-electron chi connectivity index (χ3n) is 7.73. The second kappa shape index (κ2) is 8.85. The molecule has 0 aliphatic heterocycles. The first kappa shape index (κ1) is 18.5. The number of fused-ring (bicyclic) bond motifs is 7. The second-order valence-electron chi connectivity index (χ2n) is 10.1. The van der Waals surface area contributed by atoms with Gasteiger partial charge in [-0.2, -0.15) is 9.97 Å². The highest BCUT2D eigenvalue weighted by Gasteiger charge is 2.20. The summed E-state index contributed by atoms with van der Waals surface area (Å²) in [6.07, 6.45) is 0. The lowest BCUT2D eigenvalue weighted by molar-refractivity contribution is 0.670. The summed E-state index contributed by atoms with van der Waals surface area (Å²) in [4.78, 5) is 14.6. The summed E-state index contributed by atoms with van der Waals surface area (Å²) >= 11 is 0. The van der Waals surface area contributed by atoms with Gasteiger partial charge < -0.3 is 4.42 Å². The van der Waals surface area contributed by atoms with Crippen molar-refractivity contribution in [2.45, 2.75) is 0 Å². The van der Waals surface area contributed by atoms with Crippen LogP contribution in [0.25, 0.3) is 83.2 Å². The first-order chi connectivity index (χ1) is 22.9. The number of benzene rings is 6. The van der Waals surface area contributed by atoms with Crippen molar-refractivity contribution in [3.63, 3.8) is 0 Å². The molecule has 0 fully saturated rings. The minimum atomic E-state index is -0.486. The van der Waals surface area contributed by atoms with Crippen LogP contribution in [0.5, 0.6) is 0 Å². The third kappa shape index (κ3) is 3.40. The smallest absolute Gasteiger partial charge is 0.238 e. The largest absolute Gasteiger partial charge is 0.455 e. The van der Waals surface area contributed by atoms with E-state index in [1.165, 1.54) is 0 Å². The Kier molecular flexibility index (Phi) is 3.90. The van der Waals surface area contributed by atoms with Crippen LogP contribution >= 0.6 is 0 Å². The van der Waals surface area contributed by atoms with Crippen molar-refractivity contribution in [2.24, 2.45) is 0 Å². The fourth-order valence-electron chi connectivity index (χ4n) is 5.86. The molecule has 3 heterocycles. The molecule has 5 nitrogen and oxygen atoms in total. The quantitative estimate of drug-likeness (QED) is 0.223. The summed E-state index contributed by atoms with van der Waals surface area (Å²) in [5, 5.41) is 5.97. The first-order valence-corrected chi connectivity index (χ1v) is 13.6. The second-order valence-corrected chi connectivity index (χ2v) is 10.1. The Labute approximate surface area is 247 Å². The number of aromatic nitrogens is 4. The van der Waals surface area contributed by atoms with Gasteiger partial charge in [-0.15, -0.1) is 0 Å². The Morgan fingerprint density at radius 2 is 1.21 bits per heavy atom. The fraction of sp³-hybridized carbons (Fsp3) is 0. The number of furan rings is 1. The predicted octanol–water partition coefficient (Wildman–Crippen LogP) is 9.36. The van der Waals surface area contributed by atoms with E-state index in [2.05, 4.69) is 12.1 Å². The van der Waals surface area contributed by atoms with Crippen LogP contribution in [0.15, 0.2) is 138 Å².